The molecule has 7 heteroatoms. The van der Waals surface area contributed by atoms with E-state index in [1.807, 2.05) is 38.1 Å². The second-order valence-electron chi connectivity index (χ2n) is 5.85. The van der Waals surface area contributed by atoms with Crippen LogP contribution in [0.15, 0.2) is 40.4 Å². The van der Waals surface area contributed by atoms with E-state index in [1.54, 1.807) is 18.2 Å². The molecule has 2 aromatic carbocycles. The molecule has 0 radical (unpaired) electrons. The Bertz CT molecular complexity index is 1020. The van der Waals surface area contributed by atoms with Crippen LogP contribution in [0.1, 0.15) is 16.7 Å². The van der Waals surface area contributed by atoms with Gasteiger partial charge in [0, 0.05) is 5.69 Å². The van der Waals surface area contributed by atoms with Gasteiger partial charge in [-0.25, -0.2) is 0 Å². The maximum absolute atomic E-state index is 12.6. The van der Waals surface area contributed by atoms with Crippen LogP contribution in [0.2, 0.25) is 0 Å². The van der Waals surface area contributed by atoms with Crippen molar-refractivity contribution in [3.05, 3.63) is 57.1 Å². The third kappa shape index (κ3) is 4.91. The van der Waals surface area contributed by atoms with Crippen LogP contribution in [-0.2, 0) is 4.79 Å². The van der Waals surface area contributed by atoms with Gasteiger partial charge in [-0.15, -0.1) is 0 Å². The number of nitrogens with one attached hydrogen (secondary N) is 1. The van der Waals surface area contributed by atoms with Gasteiger partial charge in [-0.1, -0.05) is 12.1 Å². The molecule has 0 unspecified atom stereocenters. The minimum atomic E-state index is -0.504. The largest absolute Gasteiger partial charge is 0.493 e. The van der Waals surface area contributed by atoms with E-state index in [9.17, 15) is 10.1 Å². The summed E-state index contributed by atoms with van der Waals surface area (Å²) in [6, 6.07) is 12.7. The van der Waals surface area contributed by atoms with Crippen LogP contribution in [0, 0.1) is 36.5 Å². The van der Waals surface area contributed by atoms with Crippen LogP contribution in [0.4, 0.5) is 5.69 Å². The summed E-state index contributed by atoms with van der Waals surface area (Å²) >= 11 is 3.36. The van der Waals surface area contributed by atoms with Gasteiger partial charge >= 0.3 is 0 Å². The lowest BCUT2D eigenvalue weighted by atomic mass is 10.1. The maximum atomic E-state index is 12.6. The molecule has 0 bridgehead atoms. The number of carbonyl (C=O) groups is 1. The second kappa shape index (κ2) is 9.59. The van der Waals surface area contributed by atoms with E-state index in [4.69, 9.17) is 14.7 Å². The lowest BCUT2D eigenvalue weighted by Crippen LogP contribution is -2.14. The molecular weight excluding hydrogens is 422 g/mol. The zero-order valence-electron chi connectivity index (χ0n) is 15.7. The number of nitriles is 2. The van der Waals surface area contributed by atoms with Crippen molar-refractivity contribution in [2.75, 3.05) is 19.0 Å². The van der Waals surface area contributed by atoms with E-state index in [0.717, 1.165) is 11.1 Å². The molecule has 0 aliphatic rings. The van der Waals surface area contributed by atoms with Gasteiger partial charge in [-0.3, -0.25) is 4.79 Å². The van der Waals surface area contributed by atoms with Crippen LogP contribution in [0.3, 0.4) is 0 Å². The van der Waals surface area contributed by atoms with Gasteiger partial charge in [-0.05, 0) is 70.7 Å². The number of anilines is 1. The summed E-state index contributed by atoms with van der Waals surface area (Å²) in [5.74, 6) is 0.249. The van der Waals surface area contributed by atoms with Crippen LogP contribution >= 0.6 is 15.9 Å². The number of benzene rings is 2. The zero-order valence-corrected chi connectivity index (χ0v) is 17.3. The number of ether oxygens (including phenoxy) is 2. The zero-order chi connectivity index (χ0) is 20.7. The first-order chi connectivity index (χ1) is 13.4. The second-order valence-corrected chi connectivity index (χ2v) is 6.71. The Balaban J connectivity index is 2.34. The Labute approximate surface area is 172 Å². The smallest absolute Gasteiger partial charge is 0.266 e. The number of halogens is 1. The highest BCUT2D eigenvalue weighted by Gasteiger charge is 2.15. The fraction of sp³-hybridized carbons (Fsp3) is 0.190. The van der Waals surface area contributed by atoms with Crippen molar-refractivity contribution < 1.29 is 14.3 Å². The molecule has 1 N–H and O–H groups in total. The number of hydrogen-bond donors (Lipinski definition) is 1. The Morgan fingerprint density at radius 1 is 1.29 bits per heavy atom. The maximum Gasteiger partial charge on any atom is 0.266 e. The lowest BCUT2D eigenvalue weighted by molar-refractivity contribution is -0.112. The quantitative estimate of drug-likeness (QED) is 0.526. The molecule has 0 aliphatic heterocycles. The van der Waals surface area contributed by atoms with Crippen molar-refractivity contribution in [3.8, 4) is 23.6 Å². The SMILES string of the molecule is COc1cc(/C=C(\C#N)C(=O)Nc2cccc(C)c2C)cc(Br)c1OCC#N. The van der Waals surface area contributed by atoms with Crippen LogP contribution in [0.25, 0.3) is 6.08 Å². The standard InChI is InChI=1S/C21H18BrN3O3/c1-13-5-4-6-18(14(13)2)25-21(26)16(12-24)9-15-10-17(22)20(28-8-7-23)19(11-15)27-3/h4-6,9-11H,8H2,1-3H3,(H,25,26)/b16-9+. The summed E-state index contributed by atoms with van der Waals surface area (Å²) in [5.41, 5.74) is 3.16. The molecule has 28 heavy (non-hydrogen) atoms. The highest BCUT2D eigenvalue weighted by atomic mass is 79.9. The molecule has 0 saturated heterocycles. The van der Waals surface area contributed by atoms with Gasteiger partial charge in [0.05, 0.1) is 11.6 Å². The summed E-state index contributed by atoms with van der Waals surface area (Å²) < 4.78 is 11.2. The number of carbonyl (C=O) groups excluding carboxylic acids is 1. The number of hydrogen-bond acceptors (Lipinski definition) is 5. The van der Waals surface area contributed by atoms with Crippen molar-refractivity contribution in [1.29, 1.82) is 10.5 Å². The highest BCUT2D eigenvalue weighted by Crippen LogP contribution is 2.37. The van der Waals surface area contributed by atoms with Crippen LogP contribution in [0.5, 0.6) is 11.5 Å². The van der Waals surface area contributed by atoms with E-state index in [0.29, 0.717) is 27.2 Å². The molecule has 0 heterocycles. The Hall–Kier alpha value is -3.29. The van der Waals surface area contributed by atoms with E-state index in [2.05, 4.69) is 21.2 Å². The molecule has 2 rings (SSSR count). The number of nitrogens with zero attached hydrogens (tertiary/aromatic N) is 2. The number of amides is 1. The highest BCUT2D eigenvalue weighted by molar-refractivity contribution is 9.10. The minimum absolute atomic E-state index is 0.0550. The van der Waals surface area contributed by atoms with Gasteiger partial charge in [0.15, 0.2) is 18.1 Å². The number of rotatable bonds is 6. The summed E-state index contributed by atoms with van der Waals surface area (Å²) in [6.07, 6.45) is 1.46. The van der Waals surface area contributed by atoms with Crippen LogP contribution in [-0.4, -0.2) is 19.6 Å². The third-order valence-electron chi connectivity index (χ3n) is 4.06. The van der Waals surface area contributed by atoms with Crippen LogP contribution < -0.4 is 14.8 Å². The number of aryl methyl sites for hydroxylation is 1. The first-order valence-corrected chi connectivity index (χ1v) is 9.07. The molecule has 0 aliphatic carbocycles. The Morgan fingerprint density at radius 3 is 2.68 bits per heavy atom. The molecular formula is C21H18BrN3O3. The lowest BCUT2D eigenvalue weighted by Gasteiger charge is -2.12. The molecule has 142 valence electrons. The fourth-order valence-electron chi connectivity index (χ4n) is 2.46. The average molecular weight is 440 g/mol. The van der Waals surface area contributed by atoms with Gasteiger partial charge < -0.3 is 14.8 Å². The molecule has 0 aromatic heterocycles. The first-order valence-electron chi connectivity index (χ1n) is 8.28. The van der Waals surface area contributed by atoms with Gasteiger partial charge in [0.25, 0.3) is 5.91 Å². The summed E-state index contributed by atoms with van der Waals surface area (Å²) in [4.78, 5) is 12.6. The van der Waals surface area contributed by atoms with E-state index in [1.165, 1.54) is 13.2 Å². The van der Waals surface area contributed by atoms with E-state index in [-0.39, 0.29) is 12.2 Å². The molecule has 2 aromatic rings. The van der Waals surface area contributed by atoms with Crippen molar-refractivity contribution in [2.24, 2.45) is 0 Å². The average Bonchev–Trinajstić information content (AvgIpc) is 2.68. The molecule has 1 amide bonds. The summed E-state index contributed by atoms with van der Waals surface area (Å²) in [6.45, 7) is 3.72. The summed E-state index contributed by atoms with van der Waals surface area (Å²) in [5, 5.41) is 20.9. The normalized spacial score (nSPS) is 10.6. The fourth-order valence-corrected chi connectivity index (χ4v) is 3.03. The Kier molecular flexibility index (Phi) is 7.20. The predicted octanol–water partition coefficient (Wildman–Crippen LogP) is 4.52. The summed E-state index contributed by atoms with van der Waals surface area (Å²) in [7, 11) is 1.47. The van der Waals surface area contributed by atoms with Crippen molar-refractivity contribution >= 4 is 33.6 Å². The molecule has 0 atom stereocenters. The van der Waals surface area contributed by atoms with E-state index < -0.39 is 5.91 Å². The van der Waals surface area contributed by atoms with Crippen molar-refractivity contribution in [1.82, 2.24) is 0 Å². The van der Waals surface area contributed by atoms with E-state index >= 15 is 0 Å². The Morgan fingerprint density at radius 2 is 2.04 bits per heavy atom. The van der Waals surface area contributed by atoms with Crippen molar-refractivity contribution in [3.63, 3.8) is 0 Å². The molecule has 0 spiro atoms. The minimum Gasteiger partial charge on any atom is -0.493 e. The molecule has 0 saturated carbocycles. The first kappa shape index (κ1) is 21.0. The van der Waals surface area contributed by atoms with Gasteiger partial charge in [0.1, 0.15) is 17.7 Å². The topological polar surface area (TPSA) is 95.1 Å². The van der Waals surface area contributed by atoms with Gasteiger partial charge in [-0.2, -0.15) is 10.5 Å². The predicted molar refractivity (Wildman–Crippen MR) is 110 cm³/mol. The molecule has 0 fully saturated rings. The number of methoxy groups -OCH3 is 1. The molecule has 6 nitrogen and oxygen atoms in total. The van der Waals surface area contributed by atoms with Gasteiger partial charge in [0.2, 0.25) is 0 Å². The monoisotopic (exact) mass is 439 g/mol. The third-order valence-corrected chi connectivity index (χ3v) is 4.65. The van der Waals surface area contributed by atoms with Crippen molar-refractivity contribution in [2.45, 2.75) is 13.8 Å².